The van der Waals surface area contributed by atoms with E-state index in [4.69, 9.17) is 0 Å². The smallest absolute Gasteiger partial charge is 0.0325 e. The van der Waals surface area contributed by atoms with Crippen LogP contribution in [-0.2, 0) is 0 Å². The first-order valence-electron chi connectivity index (χ1n) is 8.06. The van der Waals surface area contributed by atoms with Crippen molar-refractivity contribution in [2.75, 3.05) is 13.1 Å². The Morgan fingerprint density at radius 1 is 1.20 bits per heavy atom. The molecule has 2 heteroatoms. The largest absolute Gasteiger partial charge is 0.313 e. The fraction of sp³-hybridized carbons (Fsp3) is 0.667. The molecule has 0 radical (unpaired) electrons. The summed E-state index contributed by atoms with van der Waals surface area (Å²) in [6.07, 6.45) is 5.18. The van der Waals surface area contributed by atoms with Crippen LogP contribution in [-0.4, -0.2) is 19.1 Å². The van der Waals surface area contributed by atoms with Crippen molar-refractivity contribution in [1.29, 1.82) is 0 Å². The lowest BCUT2D eigenvalue weighted by molar-refractivity contribution is 0.293. The zero-order chi connectivity index (χ0) is 14.4. The minimum absolute atomic E-state index is 0.341. The fourth-order valence-corrected chi connectivity index (χ4v) is 2.99. The van der Waals surface area contributed by atoms with Gasteiger partial charge in [-0.05, 0) is 36.8 Å². The van der Waals surface area contributed by atoms with E-state index in [1.165, 1.54) is 37.8 Å². The van der Waals surface area contributed by atoms with Gasteiger partial charge in [0.05, 0.1) is 0 Å². The van der Waals surface area contributed by atoms with Gasteiger partial charge in [-0.15, -0.1) is 0 Å². The third-order valence-corrected chi connectivity index (χ3v) is 4.04. The van der Waals surface area contributed by atoms with Gasteiger partial charge in [-0.3, -0.25) is 0 Å². The van der Waals surface area contributed by atoms with Crippen molar-refractivity contribution in [2.45, 2.75) is 58.5 Å². The molecule has 20 heavy (non-hydrogen) atoms. The Labute approximate surface area is 124 Å². The highest BCUT2D eigenvalue weighted by molar-refractivity contribution is 5.19. The number of hydrogen-bond acceptors (Lipinski definition) is 2. The van der Waals surface area contributed by atoms with Crippen LogP contribution in [0.5, 0.6) is 0 Å². The molecule has 1 heterocycles. The molecule has 1 aliphatic rings. The Bertz CT molecular complexity index is 374. The Kier molecular flexibility index (Phi) is 5.62. The number of benzene rings is 1. The second kappa shape index (κ2) is 7.24. The maximum Gasteiger partial charge on any atom is 0.0325 e. The number of hydrogen-bond donors (Lipinski definition) is 2. The van der Waals surface area contributed by atoms with Crippen molar-refractivity contribution in [3.63, 3.8) is 0 Å². The van der Waals surface area contributed by atoms with E-state index < -0.39 is 0 Å². The minimum atomic E-state index is 0.341. The van der Waals surface area contributed by atoms with Gasteiger partial charge >= 0.3 is 0 Å². The van der Waals surface area contributed by atoms with Gasteiger partial charge in [-0.25, -0.2) is 0 Å². The van der Waals surface area contributed by atoms with E-state index in [1.54, 1.807) is 0 Å². The van der Waals surface area contributed by atoms with Gasteiger partial charge in [-0.1, -0.05) is 57.5 Å². The molecule has 0 aromatic heterocycles. The van der Waals surface area contributed by atoms with Crippen molar-refractivity contribution in [3.8, 4) is 0 Å². The van der Waals surface area contributed by atoms with Crippen LogP contribution in [0.2, 0.25) is 0 Å². The molecule has 2 atom stereocenters. The Hall–Kier alpha value is -0.860. The first kappa shape index (κ1) is 15.5. The molecule has 1 fully saturated rings. The third-order valence-electron chi connectivity index (χ3n) is 4.04. The highest BCUT2D eigenvalue weighted by Gasteiger charge is 2.21. The average Bonchev–Trinajstić information content (AvgIpc) is 2.44. The van der Waals surface area contributed by atoms with E-state index in [9.17, 15) is 0 Å². The quantitative estimate of drug-likeness (QED) is 0.851. The average molecular weight is 274 g/mol. The van der Waals surface area contributed by atoms with Crippen LogP contribution in [0.3, 0.4) is 0 Å². The second-order valence-corrected chi connectivity index (χ2v) is 7.28. The molecule has 1 aliphatic heterocycles. The SMILES string of the molecule is CC(C)(C)CC(NCC1CCCCN1)c1ccccc1. The molecule has 1 aromatic carbocycles. The van der Waals surface area contributed by atoms with Crippen molar-refractivity contribution >= 4 is 0 Å². The first-order chi connectivity index (χ1) is 9.54. The molecular formula is C18H30N2. The molecule has 0 saturated carbocycles. The molecule has 0 amide bonds. The minimum Gasteiger partial charge on any atom is -0.313 e. The predicted octanol–water partition coefficient (Wildman–Crippen LogP) is 3.90. The normalized spacial score (nSPS) is 21.6. The lowest BCUT2D eigenvalue weighted by Crippen LogP contribution is -2.43. The predicted molar refractivity (Wildman–Crippen MR) is 86.9 cm³/mol. The molecule has 1 saturated heterocycles. The highest BCUT2D eigenvalue weighted by atomic mass is 15.0. The maximum absolute atomic E-state index is 3.80. The number of rotatable bonds is 5. The van der Waals surface area contributed by atoms with E-state index in [0.717, 1.165) is 6.54 Å². The summed E-state index contributed by atoms with van der Waals surface area (Å²) in [7, 11) is 0. The lowest BCUT2D eigenvalue weighted by atomic mass is 9.85. The van der Waals surface area contributed by atoms with E-state index in [-0.39, 0.29) is 0 Å². The molecule has 112 valence electrons. The standard InChI is InChI=1S/C18H30N2/c1-18(2,3)13-17(15-9-5-4-6-10-15)20-14-16-11-7-8-12-19-16/h4-6,9-10,16-17,19-20H,7-8,11-14H2,1-3H3. The van der Waals surface area contributed by atoms with Gasteiger partial charge in [0.15, 0.2) is 0 Å². The Morgan fingerprint density at radius 2 is 1.95 bits per heavy atom. The summed E-state index contributed by atoms with van der Waals surface area (Å²) in [5.74, 6) is 0. The Morgan fingerprint density at radius 3 is 2.55 bits per heavy atom. The van der Waals surface area contributed by atoms with Crippen molar-refractivity contribution in [1.82, 2.24) is 10.6 Å². The third kappa shape index (κ3) is 5.26. The monoisotopic (exact) mass is 274 g/mol. The molecular weight excluding hydrogens is 244 g/mol. The Balaban J connectivity index is 1.95. The molecule has 0 bridgehead atoms. The van der Waals surface area contributed by atoms with Gasteiger partial charge in [0, 0.05) is 18.6 Å². The van der Waals surface area contributed by atoms with Gasteiger partial charge in [0.2, 0.25) is 0 Å². The van der Waals surface area contributed by atoms with Crippen molar-refractivity contribution < 1.29 is 0 Å². The molecule has 0 spiro atoms. The first-order valence-corrected chi connectivity index (χ1v) is 8.06. The second-order valence-electron chi connectivity index (χ2n) is 7.28. The van der Waals surface area contributed by atoms with Gasteiger partial charge in [-0.2, -0.15) is 0 Å². The van der Waals surface area contributed by atoms with E-state index in [1.807, 2.05) is 0 Å². The van der Waals surface area contributed by atoms with Crippen LogP contribution < -0.4 is 10.6 Å². The summed E-state index contributed by atoms with van der Waals surface area (Å²) >= 11 is 0. The maximum atomic E-state index is 3.80. The van der Waals surface area contributed by atoms with Gasteiger partial charge < -0.3 is 10.6 Å². The van der Waals surface area contributed by atoms with Crippen LogP contribution in [0, 0.1) is 5.41 Å². The van der Waals surface area contributed by atoms with Crippen LogP contribution in [0.1, 0.15) is 58.1 Å². The topological polar surface area (TPSA) is 24.1 Å². The van der Waals surface area contributed by atoms with E-state index in [2.05, 4.69) is 61.7 Å². The zero-order valence-electron chi connectivity index (χ0n) is 13.3. The summed E-state index contributed by atoms with van der Waals surface area (Å²) in [5, 5.41) is 7.43. The summed E-state index contributed by atoms with van der Waals surface area (Å²) in [5.41, 5.74) is 1.76. The number of piperidine rings is 1. The summed E-state index contributed by atoms with van der Waals surface area (Å²) in [6.45, 7) is 9.23. The highest BCUT2D eigenvalue weighted by Crippen LogP contribution is 2.29. The summed E-state index contributed by atoms with van der Waals surface area (Å²) in [6, 6.07) is 12.0. The molecule has 0 aliphatic carbocycles. The van der Waals surface area contributed by atoms with Gasteiger partial charge in [0.1, 0.15) is 0 Å². The van der Waals surface area contributed by atoms with Crippen LogP contribution in [0.15, 0.2) is 30.3 Å². The molecule has 2 rings (SSSR count). The van der Waals surface area contributed by atoms with Crippen molar-refractivity contribution in [3.05, 3.63) is 35.9 Å². The fourth-order valence-electron chi connectivity index (χ4n) is 2.99. The van der Waals surface area contributed by atoms with Gasteiger partial charge in [0.25, 0.3) is 0 Å². The molecule has 2 unspecified atom stereocenters. The van der Waals surface area contributed by atoms with E-state index >= 15 is 0 Å². The van der Waals surface area contributed by atoms with E-state index in [0.29, 0.717) is 17.5 Å². The summed E-state index contributed by atoms with van der Waals surface area (Å²) < 4.78 is 0. The number of nitrogens with one attached hydrogen (secondary N) is 2. The van der Waals surface area contributed by atoms with Crippen molar-refractivity contribution in [2.24, 2.45) is 5.41 Å². The summed E-state index contributed by atoms with van der Waals surface area (Å²) in [4.78, 5) is 0. The van der Waals surface area contributed by atoms with Crippen LogP contribution in [0.4, 0.5) is 0 Å². The van der Waals surface area contributed by atoms with Crippen LogP contribution >= 0.6 is 0 Å². The lowest BCUT2D eigenvalue weighted by Gasteiger charge is -2.30. The molecule has 1 aromatic rings. The molecule has 2 nitrogen and oxygen atoms in total. The zero-order valence-corrected chi connectivity index (χ0v) is 13.3. The molecule has 2 N–H and O–H groups in total. The van der Waals surface area contributed by atoms with Crippen LogP contribution in [0.25, 0.3) is 0 Å².